The van der Waals surface area contributed by atoms with Crippen molar-refractivity contribution in [3.8, 4) is 22.6 Å². The van der Waals surface area contributed by atoms with Crippen LogP contribution in [0.15, 0.2) is 30.3 Å². The van der Waals surface area contributed by atoms with E-state index in [0.717, 1.165) is 0 Å². The van der Waals surface area contributed by atoms with Crippen LogP contribution in [-0.2, 0) is 18.3 Å². The molecule has 204 valence electrons. The van der Waals surface area contributed by atoms with Gasteiger partial charge in [-0.2, -0.15) is 13.2 Å². The molecular weight excluding hydrogens is 505 g/mol. The number of ether oxygens (including phenoxy) is 1. The van der Waals surface area contributed by atoms with Crippen LogP contribution in [0, 0.1) is 0 Å². The second-order valence-electron chi connectivity index (χ2n) is 9.18. The van der Waals surface area contributed by atoms with Crippen molar-refractivity contribution in [1.29, 1.82) is 0 Å². The van der Waals surface area contributed by atoms with Crippen molar-refractivity contribution in [3.63, 3.8) is 0 Å². The van der Waals surface area contributed by atoms with E-state index in [2.05, 4.69) is 10.3 Å². The number of likely N-dealkylation sites (tertiary alicyclic amines) is 1. The Morgan fingerprint density at radius 1 is 1.18 bits per heavy atom. The molecule has 0 unspecified atom stereocenters. The number of amides is 2. The number of phenolic OH excluding ortho intramolecular Hbond substituents is 1. The summed E-state index contributed by atoms with van der Waals surface area (Å²) in [6.45, 7) is 0.399. The lowest BCUT2D eigenvalue weighted by molar-refractivity contribution is -0.153. The van der Waals surface area contributed by atoms with Crippen molar-refractivity contribution in [1.82, 2.24) is 19.8 Å². The minimum Gasteiger partial charge on any atom is -0.508 e. The number of fused-ring (bicyclic) bond motifs is 1. The Bertz CT molecular complexity index is 1330. The fourth-order valence-corrected chi connectivity index (χ4v) is 4.69. The summed E-state index contributed by atoms with van der Waals surface area (Å²) in [7, 11) is 1.55. The molecule has 0 bridgehead atoms. The van der Waals surface area contributed by atoms with Gasteiger partial charge in [0, 0.05) is 31.7 Å². The first-order valence-corrected chi connectivity index (χ1v) is 12.2. The highest BCUT2D eigenvalue weighted by Crippen LogP contribution is 2.37. The van der Waals surface area contributed by atoms with E-state index in [1.54, 1.807) is 25.2 Å². The monoisotopic (exact) mass is 534 g/mol. The third-order valence-corrected chi connectivity index (χ3v) is 6.62. The largest absolute Gasteiger partial charge is 0.508 e. The fourth-order valence-electron chi connectivity index (χ4n) is 4.69. The number of piperidine rings is 1. The first kappa shape index (κ1) is 27.2. The summed E-state index contributed by atoms with van der Waals surface area (Å²) in [6, 6.07) is 7.71. The molecule has 3 aromatic rings. The number of pyridine rings is 1. The number of hydrogen-bond donors (Lipinski definition) is 3. The van der Waals surface area contributed by atoms with E-state index in [1.165, 1.54) is 21.6 Å². The predicted octanol–water partition coefficient (Wildman–Crippen LogP) is 3.16. The number of benzene rings is 1. The summed E-state index contributed by atoms with van der Waals surface area (Å²) >= 11 is 0. The molecule has 2 aromatic heterocycles. The molecule has 38 heavy (non-hydrogen) atoms. The summed E-state index contributed by atoms with van der Waals surface area (Å²) in [5.41, 5.74) is 2.23. The number of phenols is 1. The molecule has 1 fully saturated rings. The van der Waals surface area contributed by atoms with Crippen molar-refractivity contribution in [3.05, 3.63) is 41.7 Å². The maximum atomic E-state index is 13.4. The third kappa shape index (κ3) is 5.69. The van der Waals surface area contributed by atoms with E-state index >= 15 is 0 Å². The fraction of sp³-hybridized carbons (Fsp3) is 0.423. The summed E-state index contributed by atoms with van der Waals surface area (Å²) in [4.78, 5) is 31.3. The number of aliphatic hydroxyl groups is 1. The molecule has 0 saturated carbocycles. The Morgan fingerprint density at radius 2 is 1.84 bits per heavy atom. The van der Waals surface area contributed by atoms with Crippen molar-refractivity contribution in [2.45, 2.75) is 38.4 Å². The third-order valence-electron chi connectivity index (χ3n) is 6.62. The van der Waals surface area contributed by atoms with Crippen LogP contribution in [0.2, 0.25) is 0 Å². The average Bonchev–Trinajstić information content (AvgIpc) is 3.17. The van der Waals surface area contributed by atoms with Crippen LogP contribution >= 0.6 is 0 Å². The number of aliphatic hydroxyl groups excluding tert-OH is 1. The number of carbonyl (C=O) groups excluding carboxylic acids is 2. The molecule has 1 aliphatic rings. The standard InChI is InChI=1S/C26H29F3N4O5/c1-3-20-18(15-4-6-17(35)7-5-15)12-19-23(38-14-26(27,28)29)22(32(2)24(19)31-20)25(37)30-16-8-10-33(11-9-16)21(36)13-34/h4-7,12,16,34-35H,3,8-11,13-14H2,1-2H3,(H,30,37). The first-order chi connectivity index (χ1) is 18.0. The Hall–Kier alpha value is -3.80. The van der Waals surface area contributed by atoms with E-state index in [-0.39, 0.29) is 28.6 Å². The maximum absolute atomic E-state index is 13.4. The number of alkyl halides is 3. The molecule has 1 saturated heterocycles. The zero-order valence-corrected chi connectivity index (χ0v) is 21.0. The van der Waals surface area contributed by atoms with Gasteiger partial charge in [-0.25, -0.2) is 4.98 Å². The van der Waals surface area contributed by atoms with E-state index in [1.807, 2.05) is 6.92 Å². The van der Waals surface area contributed by atoms with Crippen molar-refractivity contribution >= 4 is 22.8 Å². The van der Waals surface area contributed by atoms with Gasteiger partial charge in [0.2, 0.25) is 5.91 Å². The van der Waals surface area contributed by atoms with Gasteiger partial charge in [0.1, 0.15) is 18.0 Å². The molecule has 0 atom stereocenters. The summed E-state index contributed by atoms with van der Waals surface area (Å²) in [5, 5.41) is 21.8. The minimum absolute atomic E-state index is 0.0697. The number of nitrogens with one attached hydrogen (secondary N) is 1. The zero-order valence-electron chi connectivity index (χ0n) is 21.0. The van der Waals surface area contributed by atoms with Crippen molar-refractivity contribution in [2.75, 3.05) is 26.3 Å². The molecular formula is C26H29F3N4O5. The van der Waals surface area contributed by atoms with Crippen molar-refractivity contribution < 1.29 is 37.7 Å². The number of rotatable bonds is 7. The summed E-state index contributed by atoms with van der Waals surface area (Å²) in [6.07, 6.45) is -3.24. The summed E-state index contributed by atoms with van der Waals surface area (Å²) < 4.78 is 46.1. The van der Waals surface area contributed by atoms with Gasteiger partial charge in [-0.1, -0.05) is 19.1 Å². The van der Waals surface area contributed by atoms with Crippen LogP contribution in [0.5, 0.6) is 11.5 Å². The molecule has 12 heteroatoms. The Morgan fingerprint density at radius 3 is 2.42 bits per heavy atom. The highest BCUT2D eigenvalue weighted by Gasteiger charge is 2.33. The van der Waals surface area contributed by atoms with Gasteiger partial charge < -0.3 is 29.7 Å². The second kappa shape index (κ2) is 10.9. The number of aromatic nitrogens is 2. The molecule has 4 rings (SSSR count). The van der Waals surface area contributed by atoms with Gasteiger partial charge in [-0.3, -0.25) is 9.59 Å². The van der Waals surface area contributed by atoms with Gasteiger partial charge in [-0.15, -0.1) is 0 Å². The van der Waals surface area contributed by atoms with Gasteiger partial charge in [-0.05, 0) is 43.0 Å². The number of aromatic hydroxyl groups is 1. The number of hydrogen-bond acceptors (Lipinski definition) is 6. The molecule has 1 aliphatic heterocycles. The van der Waals surface area contributed by atoms with Crippen LogP contribution in [0.1, 0.15) is 35.9 Å². The van der Waals surface area contributed by atoms with E-state index in [4.69, 9.17) is 9.84 Å². The SMILES string of the molecule is CCc1nc2c(cc1-c1ccc(O)cc1)c(OCC(F)(F)F)c(C(=O)NC1CCN(C(=O)CO)CC1)n2C. The van der Waals surface area contributed by atoms with E-state index in [9.17, 15) is 27.9 Å². The number of halogens is 3. The van der Waals surface area contributed by atoms with Crippen LogP contribution in [0.25, 0.3) is 22.2 Å². The lowest BCUT2D eigenvalue weighted by Gasteiger charge is -2.32. The van der Waals surface area contributed by atoms with Crippen LogP contribution in [0.4, 0.5) is 13.2 Å². The molecule has 1 aromatic carbocycles. The van der Waals surface area contributed by atoms with Gasteiger partial charge in [0.15, 0.2) is 18.1 Å². The predicted molar refractivity (Wildman–Crippen MR) is 133 cm³/mol. The second-order valence-corrected chi connectivity index (χ2v) is 9.18. The highest BCUT2D eigenvalue weighted by atomic mass is 19.4. The Balaban J connectivity index is 1.73. The molecule has 0 radical (unpaired) electrons. The van der Waals surface area contributed by atoms with E-state index in [0.29, 0.717) is 54.8 Å². The number of aryl methyl sites for hydroxylation is 2. The normalized spacial score (nSPS) is 14.6. The van der Waals surface area contributed by atoms with Gasteiger partial charge in [0.05, 0.1) is 11.1 Å². The quantitative estimate of drug-likeness (QED) is 0.429. The topological polar surface area (TPSA) is 117 Å². The van der Waals surface area contributed by atoms with Crippen molar-refractivity contribution in [2.24, 2.45) is 7.05 Å². The molecule has 2 amide bonds. The Labute approximate surface area is 216 Å². The molecule has 0 spiro atoms. The summed E-state index contributed by atoms with van der Waals surface area (Å²) in [5.74, 6) is -1.16. The number of nitrogens with zero attached hydrogens (tertiary/aromatic N) is 3. The molecule has 9 nitrogen and oxygen atoms in total. The average molecular weight is 535 g/mol. The van der Waals surface area contributed by atoms with Crippen LogP contribution in [0.3, 0.4) is 0 Å². The first-order valence-electron chi connectivity index (χ1n) is 12.2. The van der Waals surface area contributed by atoms with Crippen LogP contribution in [-0.4, -0.2) is 75.0 Å². The number of carbonyl (C=O) groups is 2. The van der Waals surface area contributed by atoms with Crippen LogP contribution < -0.4 is 10.1 Å². The van der Waals surface area contributed by atoms with Gasteiger partial charge >= 0.3 is 6.18 Å². The molecule has 3 heterocycles. The van der Waals surface area contributed by atoms with Gasteiger partial charge in [0.25, 0.3) is 5.91 Å². The lowest BCUT2D eigenvalue weighted by atomic mass is 10.0. The maximum Gasteiger partial charge on any atom is 0.422 e. The zero-order chi connectivity index (χ0) is 27.6. The van der Waals surface area contributed by atoms with E-state index < -0.39 is 31.2 Å². The molecule has 0 aliphatic carbocycles. The Kier molecular flexibility index (Phi) is 7.81. The highest BCUT2D eigenvalue weighted by molar-refractivity contribution is 6.04. The lowest BCUT2D eigenvalue weighted by Crippen LogP contribution is -2.47. The molecule has 3 N–H and O–H groups in total. The minimum atomic E-state index is -4.63. The smallest absolute Gasteiger partial charge is 0.422 e.